The fourth-order valence-electron chi connectivity index (χ4n) is 7.47. The Balaban J connectivity index is 0.00000240. The molecule has 3 saturated heterocycles. The van der Waals surface area contributed by atoms with Gasteiger partial charge in [0.15, 0.2) is 0 Å². The Kier molecular flexibility index (Phi) is 11.7. The Hall–Kier alpha value is -2.47. The zero-order chi connectivity index (χ0) is 31.1. The van der Waals surface area contributed by atoms with Crippen LogP contribution in [0.1, 0.15) is 59.2 Å². The third-order valence-electron chi connectivity index (χ3n) is 9.74. The lowest BCUT2D eigenvalue weighted by Crippen LogP contribution is -2.56. The molecule has 4 aliphatic rings. The third kappa shape index (κ3) is 8.32. The largest absolute Gasteiger partial charge is 0.416 e. The summed E-state index contributed by atoms with van der Waals surface area (Å²) in [6, 6.07) is 8.44. The van der Waals surface area contributed by atoms with Crippen molar-refractivity contribution in [3.63, 3.8) is 0 Å². The second kappa shape index (κ2) is 14.7. The molecule has 0 radical (unpaired) electrons. The van der Waals surface area contributed by atoms with Crippen LogP contribution in [0.2, 0.25) is 0 Å². The number of para-hydroxylation sites is 1. The van der Waals surface area contributed by atoms with E-state index in [0.717, 1.165) is 60.9 Å². The van der Waals surface area contributed by atoms with E-state index in [2.05, 4.69) is 14.8 Å². The highest BCUT2D eigenvalue weighted by atomic mass is 35.5. The van der Waals surface area contributed by atoms with Gasteiger partial charge in [0.1, 0.15) is 0 Å². The van der Waals surface area contributed by atoms with Crippen molar-refractivity contribution in [2.45, 2.75) is 56.9 Å². The van der Waals surface area contributed by atoms with E-state index >= 15 is 0 Å². The van der Waals surface area contributed by atoms with Gasteiger partial charge in [0.2, 0.25) is 0 Å². The number of hydrogen-bond donors (Lipinski definition) is 1. The first-order valence-corrected chi connectivity index (χ1v) is 15.5. The van der Waals surface area contributed by atoms with E-state index in [1.165, 1.54) is 30.6 Å². The summed E-state index contributed by atoms with van der Waals surface area (Å²) in [5, 5.41) is 0.978. The maximum Gasteiger partial charge on any atom is 0.416 e. The first kappa shape index (κ1) is 36.4. The van der Waals surface area contributed by atoms with Crippen molar-refractivity contribution in [1.29, 1.82) is 0 Å². The number of benzene rings is 2. The van der Waals surface area contributed by atoms with Gasteiger partial charge in [0.25, 0.3) is 5.91 Å². The molecule has 4 heterocycles. The summed E-state index contributed by atoms with van der Waals surface area (Å²) >= 11 is 0. The maximum absolute atomic E-state index is 13.7. The minimum Gasteiger partial charge on any atom is -0.361 e. The number of fused-ring (bicyclic) bond motifs is 5. The number of alkyl halides is 6. The molecular formula is C33H40Cl2F6N4O. The Morgan fingerprint density at radius 2 is 1.37 bits per heavy atom. The number of amides is 1. The fraction of sp³-hybridized carbons (Fsp3) is 0.545. The zero-order valence-corrected chi connectivity index (χ0v) is 27.0. The van der Waals surface area contributed by atoms with Crippen LogP contribution in [0.3, 0.4) is 0 Å². The van der Waals surface area contributed by atoms with E-state index in [1.54, 1.807) is 0 Å². The predicted molar refractivity (Wildman–Crippen MR) is 171 cm³/mol. The zero-order valence-electron chi connectivity index (χ0n) is 25.4. The number of hydrogen-bond acceptors (Lipinski definition) is 3. The standard InChI is InChI=1S/C33H38F6N4O.2ClH/c34-32(35,36)26-14-24(15-27(17-26)33(37,38)39)31(44)43-13-12-41(10-3-11-42-19-22-6-7-23(20-42)9-8-22)21-28(43)16-25-18-40-30-5-2-1-4-29(25)30;;/h1-2,4-5,14-15,17-18,22-23,28,40H,3,6-13,16,19-21H2;2*1H/t22?,23?,28-;;/m1../s1. The van der Waals surface area contributed by atoms with Gasteiger partial charge in [0, 0.05) is 61.4 Å². The summed E-state index contributed by atoms with van der Waals surface area (Å²) in [5.74, 6) is 0.765. The fourth-order valence-corrected chi connectivity index (χ4v) is 7.47. The van der Waals surface area contributed by atoms with E-state index in [1.807, 2.05) is 30.5 Å². The summed E-state index contributed by atoms with van der Waals surface area (Å²) in [6.45, 7) is 5.34. The van der Waals surface area contributed by atoms with Gasteiger partial charge in [-0.3, -0.25) is 9.69 Å². The Morgan fingerprint density at radius 3 is 1.98 bits per heavy atom. The molecule has 3 aromatic rings. The van der Waals surface area contributed by atoms with Gasteiger partial charge in [0.05, 0.1) is 11.1 Å². The van der Waals surface area contributed by atoms with Crippen molar-refractivity contribution in [2.24, 2.45) is 11.8 Å². The molecule has 0 unspecified atom stereocenters. The van der Waals surface area contributed by atoms with Crippen LogP contribution in [0, 0.1) is 11.8 Å². The quantitative estimate of drug-likeness (QED) is 0.256. The minimum absolute atomic E-state index is 0. The third-order valence-corrected chi connectivity index (χ3v) is 9.74. The van der Waals surface area contributed by atoms with Crippen molar-refractivity contribution >= 4 is 41.6 Å². The molecule has 254 valence electrons. The monoisotopic (exact) mass is 692 g/mol. The summed E-state index contributed by atoms with van der Waals surface area (Å²) in [5.41, 5.74) is -1.69. The lowest BCUT2D eigenvalue weighted by molar-refractivity contribution is -0.143. The van der Waals surface area contributed by atoms with Crippen molar-refractivity contribution in [3.05, 3.63) is 70.9 Å². The first-order valence-electron chi connectivity index (χ1n) is 15.5. The Morgan fingerprint density at radius 1 is 0.783 bits per heavy atom. The molecule has 7 rings (SSSR count). The van der Waals surface area contributed by atoms with E-state index in [4.69, 9.17) is 0 Å². The maximum atomic E-state index is 13.7. The van der Waals surface area contributed by atoms with Crippen molar-refractivity contribution in [1.82, 2.24) is 19.7 Å². The van der Waals surface area contributed by atoms with Gasteiger partial charge in [-0.2, -0.15) is 26.3 Å². The van der Waals surface area contributed by atoms with Crippen molar-refractivity contribution < 1.29 is 31.1 Å². The van der Waals surface area contributed by atoms with Crippen LogP contribution in [0.25, 0.3) is 10.9 Å². The number of aromatic amines is 1. The smallest absolute Gasteiger partial charge is 0.361 e. The molecule has 1 saturated carbocycles. The van der Waals surface area contributed by atoms with Gasteiger partial charge < -0.3 is 14.8 Å². The highest BCUT2D eigenvalue weighted by Crippen LogP contribution is 2.37. The molecule has 13 heteroatoms. The average molecular weight is 694 g/mol. The minimum atomic E-state index is -5.02. The van der Waals surface area contributed by atoms with Crippen LogP contribution in [0.15, 0.2) is 48.7 Å². The van der Waals surface area contributed by atoms with Crippen LogP contribution in [-0.4, -0.2) is 77.4 Å². The van der Waals surface area contributed by atoms with Gasteiger partial charge >= 0.3 is 12.4 Å². The van der Waals surface area contributed by atoms with Gasteiger partial charge in [-0.05, 0) is 93.3 Å². The van der Waals surface area contributed by atoms with E-state index in [0.29, 0.717) is 31.6 Å². The van der Waals surface area contributed by atoms with Crippen molar-refractivity contribution in [2.75, 3.05) is 45.8 Å². The van der Waals surface area contributed by atoms with Crippen LogP contribution >= 0.6 is 24.8 Å². The lowest BCUT2D eigenvalue weighted by atomic mass is 9.84. The predicted octanol–water partition coefficient (Wildman–Crippen LogP) is 7.93. The molecule has 1 amide bonds. The number of piperazine rings is 1. The molecule has 1 aromatic heterocycles. The van der Waals surface area contributed by atoms with Gasteiger partial charge in [-0.1, -0.05) is 18.2 Å². The first-order chi connectivity index (χ1) is 20.9. The molecule has 1 atom stereocenters. The average Bonchev–Trinajstić information content (AvgIpc) is 3.15. The number of nitrogens with one attached hydrogen (secondary N) is 1. The summed E-state index contributed by atoms with van der Waals surface area (Å²) in [4.78, 5) is 23.3. The second-order valence-electron chi connectivity index (χ2n) is 12.8. The van der Waals surface area contributed by atoms with E-state index < -0.39 is 41.0 Å². The molecule has 3 aliphatic heterocycles. The number of aromatic nitrogens is 1. The van der Waals surface area contributed by atoms with Gasteiger partial charge in [-0.25, -0.2) is 0 Å². The number of halogens is 8. The van der Waals surface area contributed by atoms with Gasteiger partial charge in [-0.15, -0.1) is 24.8 Å². The molecule has 46 heavy (non-hydrogen) atoms. The SMILES string of the molecule is Cl.Cl.O=C(c1cc(C(F)(F)F)cc(C(F)(F)F)c1)N1CCN(CCCN2CC3CCC(CC3)C2)C[C@H]1Cc1c[nH]c2ccccc12. The number of nitrogens with zero attached hydrogens (tertiary/aromatic N) is 3. The van der Waals surface area contributed by atoms with Crippen LogP contribution in [0.4, 0.5) is 26.3 Å². The Labute approximate surface area is 277 Å². The number of carbonyl (C=O) groups is 1. The van der Waals surface area contributed by atoms with E-state index in [-0.39, 0.29) is 37.4 Å². The molecule has 5 nitrogen and oxygen atoms in total. The molecule has 1 N–H and O–H groups in total. The summed E-state index contributed by atoms with van der Waals surface area (Å²) in [6.07, 6.45) is -1.50. The van der Waals surface area contributed by atoms with Crippen LogP contribution in [-0.2, 0) is 18.8 Å². The molecule has 0 spiro atoms. The Bertz CT molecular complexity index is 1420. The number of H-pyrrole nitrogens is 1. The highest BCUT2D eigenvalue weighted by molar-refractivity contribution is 5.95. The molecule has 2 bridgehead atoms. The lowest BCUT2D eigenvalue weighted by Gasteiger charge is -2.42. The van der Waals surface area contributed by atoms with E-state index in [9.17, 15) is 31.1 Å². The molecule has 2 aromatic carbocycles. The van der Waals surface area contributed by atoms with Crippen molar-refractivity contribution in [3.8, 4) is 0 Å². The highest BCUT2D eigenvalue weighted by Gasteiger charge is 2.39. The summed E-state index contributed by atoms with van der Waals surface area (Å²) in [7, 11) is 0. The molecule has 1 aliphatic carbocycles. The topological polar surface area (TPSA) is 42.6 Å². The second-order valence-corrected chi connectivity index (χ2v) is 12.8. The molecule has 4 fully saturated rings. The van der Waals surface area contributed by atoms with Crippen LogP contribution in [0.5, 0.6) is 0 Å². The summed E-state index contributed by atoms with van der Waals surface area (Å²) < 4.78 is 81.5. The van der Waals surface area contributed by atoms with Crippen LogP contribution < -0.4 is 0 Å². The number of rotatable bonds is 7. The molecular weight excluding hydrogens is 653 g/mol. The normalized spacial score (nSPS) is 22.7. The number of carbonyl (C=O) groups excluding carboxylic acids is 1.